The molecule has 0 unspecified atom stereocenters. The lowest BCUT2D eigenvalue weighted by Gasteiger charge is -1.91. The normalized spacial score (nSPS) is 10.6. The molecule has 3 N–H and O–H groups in total. The minimum atomic E-state index is -0.576. The van der Waals surface area contributed by atoms with Gasteiger partial charge in [-0.3, -0.25) is 15.5 Å². The van der Waals surface area contributed by atoms with E-state index in [-0.39, 0.29) is 12.3 Å². The largest absolute Gasteiger partial charge is 0.461 e. The van der Waals surface area contributed by atoms with Gasteiger partial charge >= 0.3 is 0 Å². The van der Waals surface area contributed by atoms with Crippen LogP contribution >= 0.6 is 0 Å². The van der Waals surface area contributed by atoms with Crippen LogP contribution in [-0.4, -0.2) is 10.8 Å². The van der Waals surface area contributed by atoms with Gasteiger partial charge in [0.2, 0.25) is 6.20 Å². The molecule has 14 heavy (non-hydrogen) atoms. The van der Waals surface area contributed by atoms with Crippen molar-refractivity contribution >= 4 is 11.9 Å². The van der Waals surface area contributed by atoms with Crippen LogP contribution in [0.3, 0.4) is 0 Å². The molecule has 74 valence electrons. The Labute approximate surface area is 79.7 Å². The smallest absolute Gasteiger partial charge is 0.238 e. The first-order valence-electron chi connectivity index (χ1n) is 3.81. The Hall–Kier alpha value is -2.11. The quantitative estimate of drug-likeness (QED) is 0.323. The summed E-state index contributed by atoms with van der Waals surface area (Å²) in [5.74, 6) is 0.877. The molecule has 0 radical (unpaired) electrons. The van der Waals surface area contributed by atoms with E-state index in [9.17, 15) is 10.1 Å². The summed E-state index contributed by atoms with van der Waals surface area (Å²) < 4.78 is 5.13. The Bertz CT molecular complexity index is 381. The Kier molecular flexibility index (Phi) is 3.01. The zero-order valence-electron chi connectivity index (χ0n) is 7.27. The van der Waals surface area contributed by atoms with Gasteiger partial charge in [-0.05, 0) is 12.1 Å². The van der Waals surface area contributed by atoms with Crippen LogP contribution < -0.4 is 5.73 Å². The molecule has 1 rings (SSSR count). The van der Waals surface area contributed by atoms with Gasteiger partial charge in [-0.2, -0.15) is 0 Å². The molecular formula is C8H9N3O3. The van der Waals surface area contributed by atoms with Crippen LogP contribution in [0, 0.1) is 15.5 Å². The maximum Gasteiger partial charge on any atom is 0.238 e. The number of amidine groups is 1. The molecule has 1 heterocycles. The van der Waals surface area contributed by atoms with E-state index < -0.39 is 4.92 Å². The van der Waals surface area contributed by atoms with Crippen molar-refractivity contribution in [1.82, 2.24) is 0 Å². The molecule has 0 amide bonds. The molecule has 1 aromatic heterocycles. The Morgan fingerprint density at radius 1 is 1.71 bits per heavy atom. The first kappa shape index (κ1) is 9.97. The second kappa shape index (κ2) is 4.22. The fourth-order valence-electron chi connectivity index (χ4n) is 0.901. The minimum Gasteiger partial charge on any atom is -0.461 e. The molecule has 0 atom stereocenters. The van der Waals surface area contributed by atoms with E-state index in [0.29, 0.717) is 11.5 Å². The fraction of sp³-hybridized carbons (Fsp3) is 0.125. The van der Waals surface area contributed by atoms with Crippen LogP contribution in [-0.2, 0) is 6.42 Å². The minimum absolute atomic E-state index is 0.0100. The highest BCUT2D eigenvalue weighted by atomic mass is 16.6. The summed E-state index contributed by atoms with van der Waals surface area (Å²) in [6.07, 6.45) is 2.24. The van der Waals surface area contributed by atoms with E-state index in [1.54, 1.807) is 12.1 Å². The summed E-state index contributed by atoms with van der Waals surface area (Å²) in [5, 5.41) is 17.0. The Balaban J connectivity index is 2.68. The zero-order valence-corrected chi connectivity index (χ0v) is 7.27. The zero-order chi connectivity index (χ0) is 10.6. The van der Waals surface area contributed by atoms with Gasteiger partial charge in [0.25, 0.3) is 0 Å². The van der Waals surface area contributed by atoms with Crippen molar-refractivity contribution < 1.29 is 9.34 Å². The summed E-state index contributed by atoms with van der Waals surface area (Å²) in [5.41, 5.74) is 5.15. The fourth-order valence-corrected chi connectivity index (χ4v) is 0.901. The van der Waals surface area contributed by atoms with Crippen LogP contribution in [0.4, 0.5) is 0 Å². The van der Waals surface area contributed by atoms with E-state index in [0.717, 1.165) is 6.20 Å². The number of hydrogen-bond donors (Lipinski definition) is 2. The lowest BCUT2D eigenvalue weighted by molar-refractivity contribution is -0.401. The van der Waals surface area contributed by atoms with Crippen molar-refractivity contribution in [3.8, 4) is 0 Å². The molecule has 0 aliphatic rings. The van der Waals surface area contributed by atoms with Gasteiger partial charge in [-0.15, -0.1) is 0 Å². The summed E-state index contributed by atoms with van der Waals surface area (Å²) in [4.78, 5) is 9.40. The molecule has 0 bridgehead atoms. The highest BCUT2D eigenvalue weighted by molar-refractivity contribution is 5.78. The first-order valence-corrected chi connectivity index (χ1v) is 3.81. The number of hydrogen-bond acceptors (Lipinski definition) is 4. The lowest BCUT2D eigenvalue weighted by atomic mass is 10.3. The van der Waals surface area contributed by atoms with Crippen LogP contribution in [0.1, 0.15) is 11.5 Å². The van der Waals surface area contributed by atoms with Gasteiger partial charge in [0, 0.05) is 0 Å². The van der Waals surface area contributed by atoms with Crippen molar-refractivity contribution in [2.45, 2.75) is 6.42 Å². The summed E-state index contributed by atoms with van der Waals surface area (Å²) in [7, 11) is 0. The molecule has 0 saturated carbocycles. The molecule has 0 fully saturated rings. The molecule has 0 spiro atoms. The second-order valence-corrected chi connectivity index (χ2v) is 2.61. The number of nitrogens with two attached hydrogens (primary N) is 1. The average molecular weight is 195 g/mol. The molecular weight excluding hydrogens is 186 g/mol. The van der Waals surface area contributed by atoms with Gasteiger partial charge in [0.15, 0.2) is 0 Å². The molecule has 1 aromatic rings. The Morgan fingerprint density at radius 3 is 3.00 bits per heavy atom. The molecule has 6 nitrogen and oxygen atoms in total. The second-order valence-electron chi connectivity index (χ2n) is 2.61. The van der Waals surface area contributed by atoms with Crippen molar-refractivity contribution in [1.29, 1.82) is 5.41 Å². The van der Waals surface area contributed by atoms with Gasteiger partial charge in [0.1, 0.15) is 11.5 Å². The summed E-state index contributed by atoms with van der Waals surface area (Å²) >= 11 is 0. The third-order valence-corrected chi connectivity index (χ3v) is 1.41. The summed E-state index contributed by atoms with van der Waals surface area (Å²) in [6, 6.07) is 3.21. The number of nitrogens with one attached hydrogen (secondary N) is 1. The van der Waals surface area contributed by atoms with Crippen LogP contribution in [0.5, 0.6) is 0 Å². The van der Waals surface area contributed by atoms with Crippen LogP contribution in [0.25, 0.3) is 6.08 Å². The molecule has 0 aliphatic heterocycles. The standard InChI is InChI=1S/C8H9N3O3/c9-8(10)5-7-2-1-6(14-7)3-4-11(12)13/h1-4H,5H2,(H3,9,10). The summed E-state index contributed by atoms with van der Waals surface area (Å²) in [6.45, 7) is 0. The van der Waals surface area contributed by atoms with Gasteiger partial charge in [0.05, 0.1) is 23.3 Å². The number of nitro groups is 1. The third kappa shape index (κ3) is 3.10. The molecule has 0 aliphatic carbocycles. The van der Waals surface area contributed by atoms with Crippen molar-refractivity contribution in [3.05, 3.63) is 40.0 Å². The predicted octanol–water partition coefficient (Wildman–Crippen LogP) is 1.01. The SMILES string of the molecule is N=C(N)Cc1ccc(C=C[N+](=O)[O-])o1. The highest BCUT2D eigenvalue weighted by Gasteiger charge is 2.01. The van der Waals surface area contributed by atoms with Crippen LogP contribution in [0.15, 0.2) is 22.7 Å². The number of nitrogens with zero attached hydrogens (tertiary/aromatic N) is 1. The topological polar surface area (TPSA) is 106 Å². The van der Waals surface area contributed by atoms with E-state index in [1.807, 2.05) is 0 Å². The Morgan fingerprint density at radius 2 is 2.43 bits per heavy atom. The molecule has 0 saturated heterocycles. The maximum atomic E-state index is 9.98. The highest BCUT2D eigenvalue weighted by Crippen LogP contribution is 2.09. The van der Waals surface area contributed by atoms with Crippen molar-refractivity contribution in [2.24, 2.45) is 5.73 Å². The molecule has 0 aromatic carbocycles. The van der Waals surface area contributed by atoms with Crippen molar-refractivity contribution in [2.75, 3.05) is 0 Å². The van der Waals surface area contributed by atoms with E-state index in [4.69, 9.17) is 15.6 Å². The predicted molar refractivity (Wildman–Crippen MR) is 50.4 cm³/mol. The number of rotatable bonds is 4. The van der Waals surface area contributed by atoms with Crippen LogP contribution in [0.2, 0.25) is 0 Å². The van der Waals surface area contributed by atoms with Gasteiger partial charge < -0.3 is 10.2 Å². The molecule has 6 heteroatoms. The van der Waals surface area contributed by atoms with E-state index in [2.05, 4.69) is 0 Å². The van der Waals surface area contributed by atoms with Gasteiger partial charge in [-0.25, -0.2) is 0 Å². The van der Waals surface area contributed by atoms with E-state index in [1.165, 1.54) is 6.08 Å². The number of furan rings is 1. The van der Waals surface area contributed by atoms with E-state index >= 15 is 0 Å². The first-order chi connectivity index (χ1) is 6.58. The maximum absolute atomic E-state index is 9.98. The average Bonchev–Trinajstić information content (AvgIpc) is 2.47. The third-order valence-electron chi connectivity index (χ3n) is 1.41. The van der Waals surface area contributed by atoms with Crippen molar-refractivity contribution in [3.63, 3.8) is 0 Å². The van der Waals surface area contributed by atoms with Gasteiger partial charge in [-0.1, -0.05) is 0 Å². The monoisotopic (exact) mass is 195 g/mol. The lowest BCUT2D eigenvalue weighted by Crippen LogP contribution is -2.11.